The number of carbonyl (C=O) groups is 2. The van der Waals surface area contributed by atoms with Crippen molar-refractivity contribution in [1.82, 2.24) is 9.97 Å². The fourth-order valence-corrected chi connectivity index (χ4v) is 4.38. The van der Waals surface area contributed by atoms with Gasteiger partial charge in [-0.2, -0.15) is 0 Å². The number of aromatic nitrogens is 2. The molecule has 2 heterocycles. The molecule has 0 atom stereocenters. The second-order valence-corrected chi connectivity index (χ2v) is 6.98. The third kappa shape index (κ3) is 1.65. The number of hydrogen-bond acceptors (Lipinski definition) is 4. The highest BCUT2D eigenvalue weighted by molar-refractivity contribution is 6.40. The van der Waals surface area contributed by atoms with Crippen molar-refractivity contribution in [3.05, 3.63) is 47.5 Å². The maximum absolute atomic E-state index is 12.7. The Bertz CT molecular complexity index is 1390. The number of carbonyl (C=O) groups excluding carboxylic acids is 2. The largest absolute Gasteiger partial charge is 0.508 e. The number of ketones is 2. The van der Waals surface area contributed by atoms with E-state index >= 15 is 0 Å². The second kappa shape index (κ2) is 4.48. The number of rotatable bonds is 0. The van der Waals surface area contributed by atoms with Crippen molar-refractivity contribution in [2.75, 3.05) is 0 Å². The predicted octanol–water partition coefficient (Wildman–Crippen LogP) is 4.14. The van der Waals surface area contributed by atoms with Crippen molar-refractivity contribution in [3.63, 3.8) is 0 Å². The normalized spacial score (nSPS) is 14.2. The second-order valence-electron chi connectivity index (χ2n) is 6.98. The lowest BCUT2D eigenvalue weighted by Crippen LogP contribution is -1.94. The molecule has 0 fully saturated rings. The Hall–Kier alpha value is -3.80. The highest BCUT2D eigenvalue weighted by atomic mass is 16.3. The van der Waals surface area contributed by atoms with Crippen molar-refractivity contribution in [2.24, 2.45) is 0 Å². The lowest BCUT2D eigenvalue weighted by Gasteiger charge is -2.04. The molecule has 6 rings (SSSR count). The molecule has 3 aromatic carbocycles. The van der Waals surface area contributed by atoms with E-state index in [1.807, 2.05) is 0 Å². The molecule has 0 aliphatic heterocycles. The lowest BCUT2D eigenvalue weighted by molar-refractivity contribution is 0.0924. The van der Waals surface area contributed by atoms with Gasteiger partial charge in [0.2, 0.25) is 0 Å². The molecule has 4 N–H and O–H groups in total. The first-order chi connectivity index (χ1) is 13.0. The Morgan fingerprint density at radius 2 is 1.15 bits per heavy atom. The summed E-state index contributed by atoms with van der Waals surface area (Å²) in [5, 5.41) is 22.6. The zero-order valence-electron chi connectivity index (χ0n) is 13.9. The average Bonchev–Trinajstić information content (AvgIpc) is 3.26. The summed E-state index contributed by atoms with van der Waals surface area (Å²) in [4.78, 5) is 32.1. The SMILES string of the molecule is O=C1CC(=O)c2c1c1c3cc(O)ccc3[nH]c1c1[nH]c3ccc(O)cc3c21. The Balaban J connectivity index is 2.00. The summed E-state index contributed by atoms with van der Waals surface area (Å²) in [5.41, 5.74) is 3.75. The summed E-state index contributed by atoms with van der Waals surface area (Å²) in [6, 6.07) is 9.85. The summed E-state index contributed by atoms with van der Waals surface area (Å²) in [6.45, 7) is 0. The lowest BCUT2D eigenvalue weighted by atomic mass is 9.96. The molecule has 2 aromatic heterocycles. The summed E-state index contributed by atoms with van der Waals surface area (Å²) in [5.74, 6) is -0.257. The van der Waals surface area contributed by atoms with Gasteiger partial charge in [0, 0.05) is 43.7 Å². The molecule has 6 heteroatoms. The van der Waals surface area contributed by atoms with Gasteiger partial charge in [0.05, 0.1) is 17.5 Å². The Morgan fingerprint density at radius 3 is 1.59 bits per heavy atom. The standard InChI is InChI=1S/C21H12N2O4/c24-8-1-3-12-10(5-8)16-18-14(26)7-15(27)19(18)17-11-6-9(25)2-4-13(11)23-21(17)20(16)22-12/h1-6,22-25H,7H2. The molecule has 0 unspecified atom stereocenters. The van der Waals surface area contributed by atoms with Crippen LogP contribution in [0.15, 0.2) is 36.4 Å². The molecule has 0 bridgehead atoms. The van der Waals surface area contributed by atoms with Crippen molar-refractivity contribution in [3.8, 4) is 11.5 Å². The summed E-state index contributed by atoms with van der Waals surface area (Å²) < 4.78 is 0. The molecule has 130 valence electrons. The third-order valence-corrected chi connectivity index (χ3v) is 5.44. The monoisotopic (exact) mass is 356 g/mol. The zero-order valence-corrected chi connectivity index (χ0v) is 13.9. The Kier molecular flexibility index (Phi) is 2.38. The number of aromatic amines is 2. The minimum Gasteiger partial charge on any atom is -0.508 e. The van der Waals surface area contributed by atoms with Crippen LogP contribution in [-0.4, -0.2) is 31.7 Å². The number of H-pyrrole nitrogens is 2. The first-order valence-electron chi connectivity index (χ1n) is 8.54. The van der Waals surface area contributed by atoms with Crippen LogP contribution >= 0.6 is 0 Å². The van der Waals surface area contributed by atoms with E-state index in [-0.39, 0.29) is 29.5 Å². The van der Waals surface area contributed by atoms with Gasteiger partial charge in [-0.1, -0.05) is 0 Å². The van der Waals surface area contributed by atoms with Crippen molar-refractivity contribution >= 4 is 55.2 Å². The Morgan fingerprint density at radius 1 is 0.704 bits per heavy atom. The molecule has 0 spiro atoms. The van der Waals surface area contributed by atoms with Gasteiger partial charge in [-0.25, -0.2) is 0 Å². The van der Waals surface area contributed by atoms with Crippen LogP contribution in [0.1, 0.15) is 27.1 Å². The summed E-state index contributed by atoms with van der Waals surface area (Å²) >= 11 is 0. The van der Waals surface area contributed by atoms with Crippen LogP contribution in [0.4, 0.5) is 0 Å². The van der Waals surface area contributed by atoms with Gasteiger partial charge >= 0.3 is 0 Å². The molecule has 0 saturated carbocycles. The van der Waals surface area contributed by atoms with Crippen molar-refractivity contribution in [2.45, 2.75) is 6.42 Å². The van der Waals surface area contributed by atoms with E-state index < -0.39 is 0 Å². The van der Waals surface area contributed by atoms with E-state index in [1.54, 1.807) is 36.4 Å². The molecule has 0 saturated heterocycles. The predicted molar refractivity (Wildman–Crippen MR) is 102 cm³/mol. The summed E-state index contributed by atoms with van der Waals surface area (Å²) in [7, 11) is 0. The number of aromatic hydroxyl groups is 2. The number of benzene rings is 3. The molecule has 0 amide bonds. The quantitative estimate of drug-likeness (QED) is 0.313. The van der Waals surface area contributed by atoms with Gasteiger partial charge in [-0.05, 0) is 36.4 Å². The maximum Gasteiger partial charge on any atom is 0.172 e. The van der Waals surface area contributed by atoms with Crippen LogP contribution in [0.5, 0.6) is 11.5 Å². The molecule has 1 aliphatic carbocycles. The van der Waals surface area contributed by atoms with Gasteiger partial charge < -0.3 is 20.2 Å². The van der Waals surface area contributed by atoms with Gasteiger partial charge in [0.25, 0.3) is 0 Å². The topological polar surface area (TPSA) is 106 Å². The highest BCUT2D eigenvalue weighted by Crippen LogP contribution is 2.44. The van der Waals surface area contributed by atoms with Crippen LogP contribution in [0.3, 0.4) is 0 Å². The fraction of sp³-hybridized carbons (Fsp3) is 0.0476. The Labute approximate surface area is 151 Å². The van der Waals surface area contributed by atoms with Crippen LogP contribution in [0.2, 0.25) is 0 Å². The molecular formula is C21H12N2O4. The van der Waals surface area contributed by atoms with Gasteiger partial charge in [-0.3, -0.25) is 9.59 Å². The number of nitrogens with one attached hydrogen (secondary N) is 2. The van der Waals surface area contributed by atoms with E-state index in [0.717, 1.165) is 11.0 Å². The van der Waals surface area contributed by atoms with Gasteiger partial charge in [-0.15, -0.1) is 0 Å². The number of fused-ring (bicyclic) bond motifs is 10. The van der Waals surface area contributed by atoms with E-state index in [4.69, 9.17) is 0 Å². The van der Waals surface area contributed by atoms with Crippen molar-refractivity contribution in [1.29, 1.82) is 0 Å². The minimum absolute atomic E-state index is 0.0931. The van der Waals surface area contributed by atoms with Gasteiger partial charge in [0.15, 0.2) is 11.6 Å². The van der Waals surface area contributed by atoms with E-state index in [1.165, 1.54) is 0 Å². The smallest absolute Gasteiger partial charge is 0.172 e. The summed E-state index contributed by atoms with van der Waals surface area (Å²) in [6.07, 6.45) is -0.166. The van der Waals surface area contributed by atoms with Crippen LogP contribution in [0, 0.1) is 0 Å². The van der Waals surface area contributed by atoms with Crippen molar-refractivity contribution < 1.29 is 19.8 Å². The molecule has 27 heavy (non-hydrogen) atoms. The molecule has 5 aromatic rings. The van der Waals surface area contributed by atoms with Crippen LogP contribution in [0.25, 0.3) is 43.6 Å². The minimum atomic E-state index is -0.222. The highest BCUT2D eigenvalue weighted by Gasteiger charge is 2.34. The molecule has 6 nitrogen and oxygen atoms in total. The molecule has 1 aliphatic rings. The van der Waals surface area contributed by atoms with Crippen LogP contribution in [-0.2, 0) is 0 Å². The maximum atomic E-state index is 12.7. The number of phenols is 2. The van der Waals surface area contributed by atoms with E-state index in [9.17, 15) is 19.8 Å². The number of Topliss-reactive ketones (excluding diaryl/α,β-unsaturated/α-hetero) is 2. The first kappa shape index (κ1) is 14.4. The van der Waals surface area contributed by atoms with Crippen LogP contribution < -0.4 is 0 Å². The zero-order chi connectivity index (χ0) is 18.4. The van der Waals surface area contributed by atoms with Gasteiger partial charge in [0.1, 0.15) is 11.5 Å². The first-order valence-corrected chi connectivity index (χ1v) is 8.54. The fourth-order valence-electron chi connectivity index (χ4n) is 4.38. The van der Waals surface area contributed by atoms with E-state index in [0.29, 0.717) is 43.7 Å². The average molecular weight is 356 g/mol. The number of hydrogen-bond donors (Lipinski definition) is 4. The van der Waals surface area contributed by atoms with E-state index in [2.05, 4.69) is 9.97 Å². The molecular weight excluding hydrogens is 344 g/mol. The molecule has 0 radical (unpaired) electrons. The number of phenolic OH excluding ortho intramolecular Hbond substituents is 2. The third-order valence-electron chi connectivity index (χ3n) is 5.44.